The SMILES string of the molecule is C/C=c1\oc(=O)n(CCCl)\c1=C\C. The second kappa shape index (κ2) is 4.33. The van der Waals surface area contributed by atoms with Gasteiger partial charge in [0, 0.05) is 12.4 Å². The third kappa shape index (κ3) is 1.86. The molecule has 0 aliphatic carbocycles. The van der Waals surface area contributed by atoms with Crippen molar-refractivity contribution in [1.82, 2.24) is 4.57 Å². The van der Waals surface area contributed by atoms with E-state index in [1.54, 1.807) is 6.08 Å². The number of hydrogen-bond acceptors (Lipinski definition) is 2. The van der Waals surface area contributed by atoms with Gasteiger partial charge in [0.2, 0.25) is 0 Å². The predicted molar refractivity (Wildman–Crippen MR) is 53.2 cm³/mol. The second-order valence-electron chi connectivity index (χ2n) is 2.54. The number of nitrogens with zero attached hydrogens (tertiary/aromatic N) is 1. The molecule has 1 aromatic heterocycles. The zero-order chi connectivity index (χ0) is 9.84. The van der Waals surface area contributed by atoms with Crippen LogP contribution in [0, 0.1) is 0 Å². The molecule has 72 valence electrons. The lowest BCUT2D eigenvalue weighted by atomic mass is 10.4. The highest BCUT2D eigenvalue weighted by Crippen LogP contribution is 1.77. The van der Waals surface area contributed by atoms with Crippen molar-refractivity contribution in [2.24, 2.45) is 0 Å². The molecule has 1 aromatic rings. The van der Waals surface area contributed by atoms with Gasteiger partial charge < -0.3 is 4.42 Å². The summed E-state index contributed by atoms with van der Waals surface area (Å²) in [5.41, 5.74) is 0.609. The fraction of sp³-hybridized carbons (Fsp3) is 0.444. The average molecular weight is 202 g/mol. The molecule has 3 nitrogen and oxygen atoms in total. The lowest BCUT2D eigenvalue weighted by Gasteiger charge is -1.93. The van der Waals surface area contributed by atoms with E-state index >= 15 is 0 Å². The fourth-order valence-electron chi connectivity index (χ4n) is 1.23. The molecule has 0 saturated heterocycles. The first-order valence-corrected chi connectivity index (χ1v) is 4.66. The van der Waals surface area contributed by atoms with E-state index in [2.05, 4.69) is 0 Å². The van der Waals surface area contributed by atoms with Crippen LogP contribution < -0.4 is 16.5 Å². The van der Waals surface area contributed by atoms with E-state index in [4.69, 9.17) is 16.0 Å². The molecule has 0 atom stereocenters. The minimum atomic E-state index is -0.346. The van der Waals surface area contributed by atoms with Crippen LogP contribution in [0.15, 0.2) is 9.21 Å². The zero-order valence-electron chi connectivity index (χ0n) is 7.71. The minimum absolute atomic E-state index is 0.346. The highest BCUT2D eigenvalue weighted by atomic mass is 35.5. The average Bonchev–Trinajstić information content (AvgIpc) is 2.44. The third-order valence-corrected chi connectivity index (χ3v) is 1.97. The zero-order valence-corrected chi connectivity index (χ0v) is 8.47. The van der Waals surface area contributed by atoms with Crippen molar-refractivity contribution in [3.8, 4) is 0 Å². The van der Waals surface area contributed by atoms with Gasteiger partial charge in [-0.05, 0) is 19.9 Å². The lowest BCUT2D eigenvalue weighted by molar-refractivity contribution is 0.462. The molecule has 0 bridgehead atoms. The largest absolute Gasteiger partial charge is 0.419 e. The molecular formula is C9H12ClNO2. The number of rotatable bonds is 2. The Morgan fingerprint density at radius 3 is 2.62 bits per heavy atom. The molecule has 0 aliphatic heterocycles. The standard InChI is InChI=1S/C9H12ClNO2/c1-3-7-8(4-2)13-9(12)11(7)6-5-10/h3-4H,5-6H2,1-2H3/b7-3+,8-4-. The second-order valence-corrected chi connectivity index (χ2v) is 2.91. The maximum atomic E-state index is 11.3. The predicted octanol–water partition coefficient (Wildman–Crippen LogP) is 0.281. The van der Waals surface area contributed by atoms with Crippen molar-refractivity contribution in [3.63, 3.8) is 0 Å². The van der Waals surface area contributed by atoms with Gasteiger partial charge in [-0.2, -0.15) is 0 Å². The molecule has 1 heterocycles. The molecule has 0 aromatic carbocycles. The normalized spacial score (nSPS) is 14.1. The summed E-state index contributed by atoms with van der Waals surface area (Å²) in [7, 11) is 0. The van der Waals surface area contributed by atoms with E-state index in [-0.39, 0.29) is 5.76 Å². The number of hydrogen-bond donors (Lipinski definition) is 0. The van der Waals surface area contributed by atoms with Crippen LogP contribution in [0.25, 0.3) is 12.2 Å². The van der Waals surface area contributed by atoms with Crippen LogP contribution in [0.5, 0.6) is 0 Å². The molecule has 1 rings (SSSR count). The highest BCUT2D eigenvalue weighted by molar-refractivity contribution is 6.17. The Bertz CT molecular complexity index is 441. The summed E-state index contributed by atoms with van der Waals surface area (Å²) in [5.74, 6) is 0.0607. The Labute approximate surface area is 80.9 Å². The van der Waals surface area contributed by atoms with Gasteiger partial charge in [0.1, 0.15) is 0 Å². The number of aromatic nitrogens is 1. The number of halogens is 1. The summed E-state index contributed by atoms with van der Waals surface area (Å²) in [5, 5.41) is 0.799. The smallest absolute Gasteiger partial charge is 0.408 e. The van der Waals surface area contributed by atoms with Gasteiger partial charge in [0.25, 0.3) is 0 Å². The van der Waals surface area contributed by atoms with Crippen molar-refractivity contribution in [2.45, 2.75) is 20.4 Å². The van der Waals surface area contributed by atoms with Crippen LogP contribution in [0.4, 0.5) is 0 Å². The topological polar surface area (TPSA) is 35.1 Å². The van der Waals surface area contributed by atoms with Crippen LogP contribution in [0.1, 0.15) is 13.8 Å². The molecule has 0 radical (unpaired) electrons. The molecule has 0 amide bonds. The summed E-state index contributed by atoms with van der Waals surface area (Å²) in [6.07, 6.45) is 3.61. The van der Waals surface area contributed by atoms with Crippen molar-refractivity contribution in [1.29, 1.82) is 0 Å². The van der Waals surface area contributed by atoms with Gasteiger partial charge in [0.15, 0.2) is 5.42 Å². The quantitative estimate of drug-likeness (QED) is 0.645. The summed E-state index contributed by atoms with van der Waals surface area (Å²) in [6, 6.07) is 0. The van der Waals surface area contributed by atoms with E-state index in [0.29, 0.717) is 17.8 Å². The molecule has 13 heavy (non-hydrogen) atoms. The Balaban J connectivity index is 3.52. The summed E-state index contributed by atoms with van der Waals surface area (Å²) in [6.45, 7) is 4.18. The Kier molecular flexibility index (Phi) is 3.37. The van der Waals surface area contributed by atoms with E-state index < -0.39 is 0 Å². The van der Waals surface area contributed by atoms with E-state index in [0.717, 1.165) is 5.35 Å². The highest BCUT2D eigenvalue weighted by Gasteiger charge is 2.02. The van der Waals surface area contributed by atoms with E-state index in [1.165, 1.54) is 4.57 Å². The molecular weight excluding hydrogens is 190 g/mol. The first-order valence-electron chi connectivity index (χ1n) is 4.13. The maximum Gasteiger partial charge on any atom is 0.419 e. The van der Waals surface area contributed by atoms with Crippen molar-refractivity contribution < 1.29 is 4.42 Å². The summed E-state index contributed by atoms with van der Waals surface area (Å²) in [4.78, 5) is 11.3. The maximum absolute atomic E-state index is 11.3. The Hall–Kier alpha value is -0.960. The number of oxazole rings is 1. The van der Waals surface area contributed by atoms with Crippen LogP contribution in [0.3, 0.4) is 0 Å². The molecule has 0 spiro atoms. The first-order chi connectivity index (χ1) is 6.24. The van der Waals surface area contributed by atoms with Gasteiger partial charge in [-0.3, -0.25) is 4.57 Å². The monoisotopic (exact) mass is 201 g/mol. The van der Waals surface area contributed by atoms with E-state index in [9.17, 15) is 4.79 Å². The lowest BCUT2D eigenvalue weighted by Crippen LogP contribution is -2.32. The molecule has 0 saturated carbocycles. The third-order valence-electron chi connectivity index (χ3n) is 1.80. The van der Waals surface area contributed by atoms with Gasteiger partial charge in [0.05, 0.1) is 5.35 Å². The Morgan fingerprint density at radius 1 is 1.46 bits per heavy atom. The molecule has 0 fully saturated rings. The molecule has 0 unspecified atom stereocenters. The fourth-order valence-corrected chi connectivity index (χ4v) is 1.40. The molecule has 4 heteroatoms. The first kappa shape index (κ1) is 10.1. The summed E-state index contributed by atoms with van der Waals surface area (Å²) >= 11 is 5.56. The van der Waals surface area contributed by atoms with Gasteiger partial charge in [-0.15, -0.1) is 11.6 Å². The van der Waals surface area contributed by atoms with Crippen molar-refractivity contribution in [2.75, 3.05) is 5.88 Å². The van der Waals surface area contributed by atoms with Crippen LogP contribution in [0.2, 0.25) is 0 Å². The van der Waals surface area contributed by atoms with Crippen LogP contribution in [-0.4, -0.2) is 10.4 Å². The van der Waals surface area contributed by atoms with Crippen molar-refractivity contribution >= 4 is 23.8 Å². The molecule has 0 aliphatic rings. The van der Waals surface area contributed by atoms with Gasteiger partial charge in [-0.1, -0.05) is 6.08 Å². The van der Waals surface area contributed by atoms with Crippen LogP contribution >= 0.6 is 11.6 Å². The van der Waals surface area contributed by atoms with Crippen molar-refractivity contribution in [3.05, 3.63) is 21.3 Å². The van der Waals surface area contributed by atoms with Gasteiger partial charge in [-0.25, -0.2) is 4.79 Å². The van der Waals surface area contributed by atoms with Crippen LogP contribution in [-0.2, 0) is 6.54 Å². The van der Waals surface area contributed by atoms with Gasteiger partial charge >= 0.3 is 5.76 Å². The van der Waals surface area contributed by atoms with E-state index in [1.807, 2.05) is 19.9 Å². The minimum Gasteiger partial charge on any atom is -0.408 e. The Morgan fingerprint density at radius 2 is 2.15 bits per heavy atom. The number of alkyl halides is 1. The summed E-state index contributed by atoms with van der Waals surface area (Å²) < 4.78 is 6.53. The molecule has 0 N–H and O–H groups in total.